The van der Waals surface area contributed by atoms with Crippen molar-refractivity contribution in [3.05, 3.63) is 0 Å². The van der Waals surface area contributed by atoms with Crippen LogP contribution in [0.25, 0.3) is 0 Å². The van der Waals surface area contributed by atoms with Gasteiger partial charge in [-0.25, -0.2) is 0 Å². The van der Waals surface area contributed by atoms with Crippen molar-refractivity contribution >= 4 is 17.9 Å². The van der Waals surface area contributed by atoms with Crippen LogP contribution in [0.2, 0.25) is 0 Å². The predicted molar refractivity (Wildman–Crippen MR) is 152 cm³/mol. The van der Waals surface area contributed by atoms with Crippen molar-refractivity contribution in [1.29, 1.82) is 0 Å². The van der Waals surface area contributed by atoms with Crippen LogP contribution in [0.15, 0.2) is 0 Å². The smallest absolute Gasteiger partial charge is 0.230 e. The fraction of sp³-hybridized carbons (Fsp3) is 0.966. The molecule has 6 unspecified atom stereocenters. The van der Waals surface area contributed by atoms with Gasteiger partial charge in [0.2, 0.25) is 5.91 Å². The highest BCUT2D eigenvalue weighted by molar-refractivity contribution is 7.98. The summed E-state index contributed by atoms with van der Waals surface area (Å²) in [7, 11) is 0. The molecule has 6 fully saturated rings. The van der Waals surface area contributed by atoms with Gasteiger partial charge in [-0.1, -0.05) is 31.2 Å². The fourth-order valence-corrected chi connectivity index (χ4v) is 9.79. The molecule has 1 aliphatic carbocycles. The second kappa shape index (κ2) is 11.2. The van der Waals surface area contributed by atoms with Crippen molar-refractivity contribution in [1.82, 2.24) is 30.5 Å². The molecular formula is C29H52N6OS. The number of hydrogen-bond acceptors (Lipinski definition) is 7. The van der Waals surface area contributed by atoms with Gasteiger partial charge in [0.1, 0.15) is 0 Å². The zero-order valence-corrected chi connectivity index (χ0v) is 24.2. The van der Waals surface area contributed by atoms with E-state index in [1.54, 1.807) is 0 Å². The summed E-state index contributed by atoms with van der Waals surface area (Å²) in [6.45, 7) is 9.21. The summed E-state index contributed by atoms with van der Waals surface area (Å²) in [5.41, 5.74) is 0.158. The first-order valence-electron chi connectivity index (χ1n) is 15.7. The Balaban J connectivity index is 1.18. The van der Waals surface area contributed by atoms with Gasteiger partial charge in [-0.15, -0.1) is 0 Å². The van der Waals surface area contributed by atoms with E-state index in [2.05, 4.69) is 44.3 Å². The van der Waals surface area contributed by atoms with E-state index in [1.807, 2.05) is 11.9 Å². The average molecular weight is 533 g/mol. The van der Waals surface area contributed by atoms with Crippen LogP contribution in [-0.4, -0.2) is 71.3 Å². The predicted octanol–water partition coefficient (Wildman–Crippen LogP) is 3.97. The van der Waals surface area contributed by atoms with E-state index in [9.17, 15) is 4.79 Å². The first kappa shape index (κ1) is 26.8. The topological polar surface area (TPSA) is 71.7 Å². The molecule has 7 atom stereocenters. The van der Waals surface area contributed by atoms with E-state index in [4.69, 9.17) is 0 Å². The minimum absolute atomic E-state index is 0.0341. The highest BCUT2D eigenvalue weighted by Gasteiger charge is 2.51. The van der Waals surface area contributed by atoms with Gasteiger partial charge < -0.3 is 10.2 Å². The molecule has 4 N–H and O–H groups in total. The molecule has 210 valence electrons. The lowest BCUT2D eigenvalue weighted by Gasteiger charge is -2.49. The van der Waals surface area contributed by atoms with Crippen LogP contribution in [0.4, 0.5) is 0 Å². The maximum Gasteiger partial charge on any atom is 0.230 e. The van der Waals surface area contributed by atoms with Crippen LogP contribution < -0.4 is 20.7 Å². The van der Waals surface area contributed by atoms with Gasteiger partial charge in [0.05, 0.1) is 29.3 Å². The van der Waals surface area contributed by atoms with Gasteiger partial charge in [0.15, 0.2) is 0 Å². The van der Waals surface area contributed by atoms with Crippen molar-refractivity contribution in [2.45, 2.75) is 133 Å². The van der Waals surface area contributed by atoms with Crippen molar-refractivity contribution < 1.29 is 4.79 Å². The summed E-state index contributed by atoms with van der Waals surface area (Å²) >= 11 is 1.91. The Bertz CT molecular complexity index is 803. The maximum absolute atomic E-state index is 13.8. The molecule has 1 saturated carbocycles. The number of carbonyl (C=O) groups excluding carboxylic acids is 1. The molecule has 6 rings (SSSR count). The van der Waals surface area contributed by atoms with E-state index in [-0.39, 0.29) is 17.1 Å². The Hall–Kier alpha value is -0.380. The number of amides is 1. The third-order valence-electron chi connectivity index (χ3n) is 10.8. The number of nitrogens with one attached hydrogen (secondary N) is 4. The normalized spacial score (nSPS) is 42.7. The lowest BCUT2D eigenvalue weighted by Crippen LogP contribution is -2.65. The molecule has 37 heavy (non-hydrogen) atoms. The van der Waals surface area contributed by atoms with Crippen molar-refractivity contribution in [2.24, 2.45) is 17.3 Å². The highest BCUT2D eigenvalue weighted by atomic mass is 32.2. The molecule has 5 aliphatic heterocycles. The number of likely N-dealkylation sites (tertiary alicyclic amines) is 1. The molecule has 1 amide bonds. The summed E-state index contributed by atoms with van der Waals surface area (Å²) in [6.07, 6.45) is 18.0. The molecule has 0 aromatic carbocycles. The number of nitrogens with zero attached hydrogens (tertiary/aromatic N) is 2. The zero-order valence-electron chi connectivity index (χ0n) is 23.4. The molecule has 5 saturated heterocycles. The number of piperidine rings is 2. The third kappa shape index (κ3) is 5.62. The summed E-state index contributed by atoms with van der Waals surface area (Å²) in [5, 5.41) is 12.2. The lowest BCUT2D eigenvalue weighted by atomic mass is 9.73. The zero-order chi connectivity index (χ0) is 25.5. The molecule has 0 radical (unpaired) electrons. The molecule has 1 spiro atoms. The maximum atomic E-state index is 13.8. The number of hydrogen-bond donors (Lipinski definition) is 4. The number of rotatable bonds is 1. The van der Waals surface area contributed by atoms with Crippen LogP contribution in [0.5, 0.6) is 0 Å². The van der Waals surface area contributed by atoms with Crippen LogP contribution in [0, 0.1) is 17.3 Å². The molecule has 4 bridgehead atoms. The molecule has 7 nitrogen and oxygen atoms in total. The van der Waals surface area contributed by atoms with Crippen LogP contribution in [0.1, 0.15) is 104 Å². The van der Waals surface area contributed by atoms with Gasteiger partial charge >= 0.3 is 0 Å². The van der Waals surface area contributed by atoms with Crippen molar-refractivity contribution in [2.75, 3.05) is 26.2 Å². The lowest BCUT2D eigenvalue weighted by molar-refractivity contribution is -0.142. The molecule has 8 heteroatoms. The van der Waals surface area contributed by atoms with E-state index >= 15 is 0 Å². The first-order chi connectivity index (χ1) is 17.9. The standard InChI is InChI=1S/C29H52N6OS/c1-28(2)18-21-8-7-16-30-23-9-6-10-25(32-23)37-31-19-22-11-12-24(33-26(22)35(28)20-21)34-17-15-29(27(34)36)13-4-3-5-14-29/h21-26,30-33H,3-20H2,1-2H3/t21-,22?,23?,24?,25?,26?/m0/s1. The first-order valence-corrected chi connectivity index (χ1v) is 16.5. The molecular weight excluding hydrogens is 480 g/mol. The summed E-state index contributed by atoms with van der Waals surface area (Å²) < 4.78 is 3.81. The van der Waals surface area contributed by atoms with Crippen LogP contribution in [-0.2, 0) is 4.79 Å². The number of carbonyl (C=O) groups is 1. The van der Waals surface area contributed by atoms with E-state index < -0.39 is 0 Å². The highest BCUT2D eigenvalue weighted by Crippen LogP contribution is 2.46. The van der Waals surface area contributed by atoms with Crippen molar-refractivity contribution in [3.8, 4) is 0 Å². The molecule has 5 heterocycles. The van der Waals surface area contributed by atoms with Gasteiger partial charge in [0.25, 0.3) is 0 Å². The second-order valence-electron chi connectivity index (χ2n) is 13.8. The van der Waals surface area contributed by atoms with Crippen LogP contribution in [0.3, 0.4) is 0 Å². The Morgan fingerprint density at radius 2 is 1.78 bits per heavy atom. The minimum atomic E-state index is -0.0341. The van der Waals surface area contributed by atoms with E-state index in [0.29, 0.717) is 29.5 Å². The van der Waals surface area contributed by atoms with E-state index in [0.717, 1.165) is 51.2 Å². The van der Waals surface area contributed by atoms with Crippen molar-refractivity contribution in [3.63, 3.8) is 0 Å². The van der Waals surface area contributed by atoms with Gasteiger partial charge in [-0.3, -0.25) is 25.1 Å². The SMILES string of the molecule is CC1(C)C[C@@H]2CCCNC3CCCC(N3)SNCC3CCC(N4CCC5(CCCCC5)C4=O)NC3N1C2. The third-order valence-corrected chi connectivity index (χ3v) is 11.8. The van der Waals surface area contributed by atoms with Gasteiger partial charge in [-0.2, -0.15) is 0 Å². The summed E-state index contributed by atoms with van der Waals surface area (Å²) in [4.78, 5) is 18.9. The Kier molecular flexibility index (Phi) is 8.15. The summed E-state index contributed by atoms with van der Waals surface area (Å²) in [6, 6.07) is 0. The minimum Gasteiger partial charge on any atom is -0.327 e. The van der Waals surface area contributed by atoms with Gasteiger partial charge in [-0.05, 0) is 96.9 Å². The Morgan fingerprint density at radius 3 is 2.65 bits per heavy atom. The summed E-state index contributed by atoms with van der Waals surface area (Å²) in [5.74, 6) is 1.79. The average Bonchev–Trinajstić information content (AvgIpc) is 3.37. The fourth-order valence-electron chi connectivity index (χ4n) is 8.76. The largest absolute Gasteiger partial charge is 0.327 e. The molecule has 0 aromatic rings. The molecule has 6 aliphatic rings. The quantitative estimate of drug-likeness (QED) is 0.381. The van der Waals surface area contributed by atoms with E-state index in [1.165, 1.54) is 70.8 Å². The molecule has 0 aromatic heterocycles. The van der Waals surface area contributed by atoms with Gasteiger partial charge in [0, 0.05) is 31.1 Å². The second-order valence-corrected chi connectivity index (χ2v) is 14.9. The monoisotopic (exact) mass is 532 g/mol. The Labute approximate surface area is 229 Å². The number of fused-ring (bicyclic) bond motifs is 6. The Morgan fingerprint density at radius 1 is 0.919 bits per heavy atom. The van der Waals surface area contributed by atoms with Crippen LogP contribution >= 0.6 is 11.9 Å².